The molecule has 3 nitrogen and oxygen atoms in total. The molecule has 3 heteroatoms. The minimum Gasteiger partial charge on any atom is -0.391 e. The van der Waals surface area contributed by atoms with Gasteiger partial charge in [-0.15, -0.1) is 6.58 Å². The van der Waals surface area contributed by atoms with Crippen molar-refractivity contribution >= 4 is 11.6 Å². The lowest BCUT2D eigenvalue weighted by Crippen LogP contribution is -2.36. The third-order valence-corrected chi connectivity index (χ3v) is 4.88. The highest BCUT2D eigenvalue weighted by molar-refractivity contribution is 5.78. The molecule has 0 fully saturated rings. The Morgan fingerprint density at radius 3 is 2.74 bits per heavy atom. The Balaban J connectivity index is 2.29. The normalized spacial score (nSPS) is 14.3. The third kappa shape index (κ3) is 5.35. The fourth-order valence-electron chi connectivity index (χ4n) is 3.30. The van der Waals surface area contributed by atoms with Gasteiger partial charge in [-0.05, 0) is 60.4 Å². The van der Waals surface area contributed by atoms with Gasteiger partial charge in [-0.3, -0.25) is 4.90 Å². The lowest BCUT2D eigenvalue weighted by Gasteiger charge is -2.30. The largest absolute Gasteiger partial charge is 0.391 e. The molecule has 0 bridgehead atoms. The van der Waals surface area contributed by atoms with Gasteiger partial charge in [0.05, 0.1) is 0 Å². The molecule has 0 saturated carbocycles. The zero-order valence-electron chi connectivity index (χ0n) is 16.6. The molecule has 1 aromatic rings. The molecule has 0 saturated heterocycles. The third-order valence-electron chi connectivity index (χ3n) is 4.88. The highest BCUT2D eigenvalue weighted by atomic mass is 15.1. The second kappa shape index (κ2) is 9.79. The molecular weight excluding hydrogens is 330 g/mol. The summed E-state index contributed by atoms with van der Waals surface area (Å²) in [5.74, 6) is 0. The van der Waals surface area contributed by atoms with Crippen molar-refractivity contribution in [1.29, 1.82) is 0 Å². The van der Waals surface area contributed by atoms with E-state index in [1.807, 2.05) is 25.4 Å². The standard InChI is InChI=1S/C24H31N3/c1-7-9-10-24(19(4)25-5)27(6)17-23-16-21(12-11-20(23)8-2)22-13-14-26-18(3)15-22/h7-8,11-16,24-26H,1-4,9-10,17H2,5-6H3. The maximum absolute atomic E-state index is 4.19. The van der Waals surface area contributed by atoms with Crippen LogP contribution in [-0.4, -0.2) is 25.0 Å². The molecule has 0 aliphatic carbocycles. The molecule has 1 heterocycles. The van der Waals surface area contributed by atoms with E-state index < -0.39 is 0 Å². The van der Waals surface area contributed by atoms with Gasteiger partial charge in [0.25, 0.3) is 0 Å². The summed E-state index contributed by atoms with van der Waals surface area (Å²) in [6.07, 6.45) is 11.9. The Labute approximate surface area is 164 Å². The van der Waals surface area contributed by atoms with Crippen LogP contribution < -0.4 is 10.6 Å². The number of hydrogen-bond acceptors (Lipinski definition) is 3. The molecule has 0 radical (unpaired) electrons. The average molecular weight is 362 g/mol. The van der Waals surface area contributed by atoms with Crippen LogP contribution in [0.15, 0.2) is 80.3 Å². The zero-order valence-corrected chi connectivity index (χ0v) is 16.6. The number of allylic oxidation sites excluding steroid dienone is 4. The van der Waals surface area contributed by atoms with Gasteiger partial charge in [-0.1, -0.05) is 44.0 Å². The fourth-order valence-corrected chi connectivity index (χ4v) is 3.30. The van der Waals surface area contributed by atoms with E-state index >= 15 is 0 Å². The van der Waals surface area contributed by atoms with Crippen LogP contribution in [0.5, 0.6) is 0 Å². The molecule has 2 rings (SSSR count). The van der Waals surface area contributed by atoms with Gasteiger partial charge >= 0.3 is 0 Å². The SMILES string of the molecule is C=CCCC(C(=C)NC)N(C)Cc1cc(C2=CC(=C)NC=C2)ccc1C=C. The predicted octanol–water partition coefficient (Wildman–Crippen LogP) is 4.84. The van der Waals surface area contributed by atoms with E-state index in [0.717, 1.165) is 41.9 Å². The summed E-state index contributed by atoms with van der Waals surface area (Å²) in [6.45, 7) is 16.8. The van der Waals surface area contributed by atoms with Crippen molar-refractivity contribution in [3.05, 3.63) is 97.0 Å². The first kappa shape index (κ1) is 20.5. The van der Waals surface area contributed by atoms with Gasteiger partial charge in [0, 0.05) is 37.2 Å². The number of rotatable bonds is 10. The van der Waals surface area contributed by atoms with Gasteiger partial charge in [0.2, 0.25) is 0 Å². The van der Waals surface area contributed by atoms with Crippen LogP contribution in [0.3, 0.4) is 0 Å². The van der Waals surface area contributed by atoms with Crippen molar-refractivity contribution in [2.24, 2.45) is 0 Å². The van der Waals surface area contributed by atoms with Crippen LogP contribution in [-0.2, 0) is 6.54 Å². The van der Waals surface area contributed by atoms with Crippen LogP contribution in [0.25, 0.3) is 11.6 Å². The molecule has 0 aromatic heterocycles. The van der Waals surface area contributed by atoms with Crippen LogP contribution >= 0.6 is 0 Å². The van der Waals surface area contributed by atoms with E-state index in [1.54, 1.807) is 0 Å². The van der Waals surface area contributed by atoms with E-state index in [2.05, 4.69) is 79.2 Å². The molecule has 0 spiro atoms. The van der Waals surface area contributed by atoms with Crippen LogP contribution in [0.1, 0.15) is 29.5 Å². The highest BCUT2D eigenvalue weighted by Crippen LogP contribution is 2.25. The van der Waals surface area contributed by atoms with Crippen molar-refractivity contribution in [3.63, 3.8) is 0 Å². The van der Waals surface area contributed by atoms with Gasteiger partial charge in [-0.2, -0.15) is 0 Å². The second-order valence-electron chi connectivity index (χ2n) is 6.79. The molecule has 1 aliphatic heterocycles. The zero-order chi connectivity index (χ0) is 19.8. The van der Waals surface area contributed by atoms with Crippen molar-refractivity contribution in [3.8, 4) is 0 Å². The Morgan fingerprint density at radius 1 is 1.33 bits per heavy atom. The van der Waals surface area contributed by atoms with E-state index in [-0.39, 0.29) is 6.04 Å². The van der Waals surface area contributed by atoms with Crippen molar-refractivity contribution < 1.29 is 0 Å². The van der Waals surface area contributed by atoms with Gasteiger partial charge in [0.1, 0.15) is 0 Å². The molecule has 1 aromatic carbocycles. The smallest absolute Gasteiger partial charge is 0.0492 e. The van der Waals surface area contributed by atoms with Gasteiger partial charge in [-0.25, -0.2) is 0 Å². The Bertz CT molecular complexity index is 783. The van der Waals surface area contributed by atoms with E-state index in [1.165, 1.54) is 11.1 Å². The number of nitrogens with zero attached hydrogens (tertiary/aromatic N) is 1. The number of benzene rings is 1. The topological polar surface area (TPSA) is 27.3 Å². The maximum Gasteiger partial charge on any atom is 0.0492 e. The molecule has 2 N–H and O–H groups in total. The van der Waals surface area contributed by atoms with Crippen LogP contribution in [0.4, 0.5) is 0 Å². The first-order valence-electron chi connectivity index (χ1n) is 9.27. The minimum absolute atomic E-state index is 0.243. The summed E-state index contributed by atoms with van der Waals surface area (Å²) < 4.78 is 0. The molecule has 1 unspecified atom stereocenters. The lowest BCUT2D eigenvalue weighted by atomic mass is 9.96. The van der Waals surface area contributed by atoms with Gasteiger partial charge < -0.3 is 10.6 Å². The molecule has 1 aliphatic rings. The number of likely N-dealkylation sites (N-methyl/N-ethyl adjacent to an activating group) is 2. The van der Waals surface area contributed by atoms with E-state index in [4.69, 9.17) is 0 Å². The van der Waals surface area contributed by atoms with Crippen molar-refractivity contribution in [1.82, 2.24) is 15.5 Å². The van der Waals surface area contributed by atoms with Crippen LogP contribution in [0.2, 0.25) is 0 Å². The lowest BCUT2D eigenvalue weighted by molar-refractivity contribution is 0.246. The Morgan fingerprint density at radius 2 is 2.11 bits per heavy atom. The number of nitrogens with one attached hydrogen (secondary N) is 2. The fraction of sp³-hybridized carbons (Fsp3) is 0.250. The maximum atomic E-state index is 4.19. The highest BCUT2D eigenvalue weighted by Gasteiger charge is 2.18. The minimum atomic E-state index is 0.243. The molecular formula is C24H31N3. The van der Waals surface area contributed by atoms with Crippen molar-refractivity contribution in [2.45, 2.75) is 25.4 Å². The monoisotopic (exact) mass is 361 g/mol. The van der Waals surface area contributed by atoms with E-state index in [0.29, 0.717) is 0 Å². The summed E-state index contributed by atoms with van der Waals surface area (Å²) in [4.78, 5) is 2.33. The molecule has 27 heavy (non-hydrogen) atoms. The van der Waals surface area contributed by atoms with Gasteiger partial charge in [0.15, 0.2) is 0 Å². The number of dihydropyridines is 1. The Hall–Kier alpha value is -2.78. The Kier molecular flexibility index (Phi) is 7.44. The average Bonchev–Trinajstić information content (AvgIpc) is 2.68. The van der Waals surface area contributed by atoms with E-state index in [9.17, 15) is 0 Å². The number of hydrogen-bond donors (Lipinski definition) is 2. The van der Waals surface area contributed by atoms with Crippen LogP contribution in [0, 0.1) is 0 Å². The molecule has 0 amide bonds. The van der Waals surface area contributed by atoms with Crippen molar-refractivity contribution in [2.75, 3.05) is 14.1 Å². The second-order valence-corrected chi connectivity index (χ2v) is 6.79. The predicted molar refractivity (Wildman–Crippen MR) is 119 cm³/mol. The summed E-state index contributed by atoms with van der Waals surface area (Å²) in [5, 5.41) is 6.32. The summed E-state index contributed by atoms with van der Waals surface area (Å²) in [6, 6.07) is 6.76. The summed E-state index contributed by atoms with van der Waals surface area (Å²) in [7, 11) is 4.07. The first-order valence-corrected chi connectivity index (χ1v) is 9.27. The molecule has 1 atom stereocenters. The summed E-state index contributed by atoms with van der Waals surface area (Å²) >= 11 is 0. The molecule has 142 valence electrons. The first-order chi connectivity index (χ1) is 13.0. The summed E-state index contributed by atoms with van der Waals surface area (Å²) in [5.41, 5.74) is 6.65. The quantitative estimate of drug-likeness (QED) is 0.584.